The van der Waals surface area contributed by atoms with E-state index in [1.165, 1.54) is 0 Å². The molecule has 0 aliphatic rings. The fraction of sp³-hybridized carbons (Fsp3) is 0. The molecule has 0 saturated heterocycles. The van der Waals surface area contributed by atoms with Crippen LogP contribution in [0.3, 0.4) is 0 Å². The quantitative estimate of drug-likeness (QED) is 0.435. The molecule has 5 heteroatoms. The van der Waals surface area contributed by atoms with Gasteiger partial charge in [-0.15, -0.1) is 0 Å². The second-order valence-electron chi connectivity index (χ2n) is 1.28. The van der Waals surface area contributed by atoms with Gasteiger partial charge in [0.1, 0.15) is 5.15 Å². The monoisotopic (exact) mass is 166 g/mol. The van der Waals surface area contributed by atoms with Crippen molar-refractivity contribution in [3.05, 3.63) is 22.5 Å². The van der Waals surface area contributed by atoms with Crippen LogP contribution in [0.25, 0.3) is 0 Å². The van der Waals surface area contributed by atoms with E-state index >= 15 is 0 Å². The summed E-state index contributed by atoms with van der Waals surface area (Å²) < 4.78 is 12.1. The Balaban J connectivity index is 3.17. The molecular formula is C4HCl2FN2. The van der Waals surface area contributed by atoms with E-state index in [1.54, 1.807) is 0 Å². The fourth-order valence-electron chi connectivity index (χ4n) is 0.364. The molecule has 0 spiro atoms. The molecule has 0 saturated carbocycles. The summed E-state index contributed by atoms with van der Waals surface area (Å²) in [6.07, 6.45) is 0. The topological polar surface area (TPSA) is 25.8 Å². The van der Waals surface area contributed by atoms with Crippen molar-refractivity contribution < 1.29 is 4.39 Å². The fourth-order valence-corrected chi connectivity index (χ4v) is 0.749. The molecule has 0 aliphatic carbocycles. The number of halogens is 3. The molecular weight excluding hydrogens is 166 g/mol. The van der Waals surface area contributed by atoms with Crippen molar-refractivity contribution in [2.75, 3.05) is 0 Å². The van der Waals surface area contributed by atoms with Gasteiger partial charge in [0.2, 0.25) is 11.2 Å². The van der Waals surface area contributed by atoms with E-state index < -0.39 is 5.95 Å². The van der Waals surface area contributed by atoms with Crippen LogP contribution in [-0.2, 0) is 0 Å². The van der Waals surface area contributed by atoms with Crippen molar-refractivity contribution in [1.29, 1.82) is 0 Å². The smallest absolute Gasteiger partial charge is 0.206 e. The van der Waals surface area contributed by atoms with Crippen LogP contribution in [0.2, 0.25) is 10.4 Å². The van der Waals surface area contributed by atoms with Gasteiger partial charge < -0.3 is 0 Å². The van der Waals surface area contributed by atoms with E-state index in [1.807, 2.05) is 0 Å². The first-order valence-electron chi connectivity index (χ1n) is 2.04. The largest absolute Gasteiger partial charge is 0.226 e. The highest BCUT2D eigenvalue weighted by Gasteiger charge is 1.97. The van der Waals surface area contributed by atoms with Gasteiger partial charge in [-0.2, -0.15) is 9.37 Å². The first-order chi connectivity index (χ1) is 4.18. The van der Waals surface area contributed by atoms with Crippen LogP contribution in [-0.4, -0.2) is 9.97 Å². The summed E-state index contributed by atoms with van der Waals surface area (Å²) in [7, 11) is 0. The van der Waals surface area contributed by atoms with Crippen LogP contribution in [0.5, 0.6) is 0 Å². The second kappa shape index (κ2) is 2.45. The van der Waals surface area contributed by atoms with Crippen LogP contribution < -0.4 is 0 Å². The number of hydrogen-bond acceptors (Lipinski definition) is 2. The predicted octanol–water partition coefficient (Wildman–Crippen LogP) is 1.92. The Labute approximate surface area is 60.6 Å². The van der Waals surface area contributed by atoms with E-state index in [2.05, 4.69) is 9.97 Å². The molecule has 1 heterocycles. The number of nitrogens with zero attached hydrogens (tertiary/aromatic N) is 2. The van der Waals surface area contributed by atoms with Gasteiger partial charge in [-0.1, -0.05) is 11.6 Å². The summed E-state index contributed by atoms with van der Waals surface area (Å²) in [6, 6.07) is 0.980. The van der Waals surface area contributed by atoms with Crippen molar-refractivity contribution in [1.82, 2.24) is 9.97 Å². The van der Waals surface area contributed by atoms with Crippen LogP contribution in [0.1, 0.15) is 0 Å². The maximum Gasteiger partial charge on any atom is 0.226 e. The standard InChI is InChI=1S/C4HCl2FN2/c5-2-1-3(7)9-4(6)8-2/h1H. The zero-order valence-electron chi connectivity index (χ0n) is 4.11. The van der Waals surface area contributed by atoms with Crippen LogP contribution in [0.4, 0.5) is 4.39 Å². The molecule has 1 rings (SSSR count). The van der Waals surface area contributed by atoms with E-state index in [4.69, 9.17) is 23.2 Å². The molecule has 0 fully saturated rings. The molecule has 9 heavy (non-hydrogen) atoms. The molecule has 48 valence electrons. The SMILES string of the molecule is Fc1cc(Cl)nc(Cl)n1. The van der Waals surface area contributed by atoms with Gasteiger partial charge >= 0.3 is 0 Å². The lowest BCUT2D eigenvalue weighted by Crippen LogP contribution is -1.86. The average molecular weight is 167 g/mol. The summed E-state index contributed by atoms with van der Waals surface area (Å²) in [4.78, 5) is 6.55. The first-order valence-corrected chi connectivity index (χ1v) is 2.79. The highest BCUT2D eigenvalue weighted by atomic mass is 35.5. The highest BCUT2D eigenvalue weighted by molar-refractivity contribution is 6.31. The maximum absolute atomic E-state index is 12.1. The third kappa shape index (κ3) is 1.77. The zero-order valence-corrected chi connectivity index (χ0v) is 5.62. The molecule has 0 bridgehead atoms. The van der Waals surface area contributed by atoms with Crippen molar-refractivity contribution in [3.8, 4) is 0 Å². The summed E-state index contributed by atoms with van der Waals surface area (Å²) in [5.74, 6) is -0.722. The Kier molecular flexibility index (Phi) is 1.83. The Morgan fingerprint density at radius 2 is 2.00 bits per heavy atom. The van der Waals surface area contributed by atoms with Gasteiger partial charge in [0, 0.05) is 6.07 Å². The second-order valence-corrected chi connectivity index (χ2v) is 2.01. The molecule has 0 amide bonds. The lowest BCUT2D eigenvalue weighted by Gasteiger charge is -1.88. The Bertz CT molecular complexity index is 177. The summed E-state index contributed by atoms with van der Waals surface area (Å²) in [6.45, 7) is 0. The van der Waals surface area contributed by atoms with E-state index in [0.29, 0.717) is 0 Å². The van der Waals surface area contributed by atoms with Gasteiger partial charge in [0.15, 0.2) is 0 Å². The van der Waals surface area contributed by atoms with Gasteiger partial charge in [-0.3, -0.25) is 0 Å². The van der Waals surface area contributed by atoms with Crippen LogP contribution >= 0.6 is 23.2 Å². The number of aromatic nitrogens is 2. The zero-order chi connectivity index (χ0) is 6.85. The molecule has 0 aromatic carbocycles. The summed E-state index contributed by atoms with van der Waals surface area (Å²) in [5, 5.41) is -0.174. The molecule has 0 unspecified atom stereocenters. The molecule has 0 radical (unpaired) electrons. The van der Waals surface area contributed by atoms with Gasteiger partial charge in [-0.05, 0) is 11.6 Å². The van der Waals surface area contributed by atoms with Crippen molar-refractivity contribution in [3.63, 3.8) is 0 Å². The highest BCUT2D eigenvalue weighted by Crippen LogP contribution is 2.08. The lowest BCUT2D eigenvalue weighted by atomic mass is 10.7. The maximum atomic E-state index is 12.1. The number of rotatable bonds is 0. The van der Waals surface area contributed by atoms with Crippen molar-refractivity contribution in [2.24, 2.45) is 0 Å². The minimum Gasteiger partial charge on any atom is -0.206 e. The first kappa shape index (κ1) is 6.71. The Morgan fingerprint density at radius 1 is 1.33 bits per heavy atom. The van der Waals surface area contributed by atoms with Crippen molar-refractivity contribution >= 4 is 23.2 Å². The Hall–Kier alpha value is -0.410. The minimum absolute atomic E-state index is 0.00694. The van der Waals surface area contributed by atoms with Crippen LogP contribution in [0, 0.1) is 5.95 Å². The predicted molar refractivity (Wildman–Crippen MR) is 32.0 cm³/mol. The van der Waals surface area contributed by atoms with Crippen LogP contribution in [0.15, 0.2) is 6.07 Å². The van der Waals surface area contributed by atoms with E-state index in [9.17, 15) is 4.39 Å². The average Bonchev–Trinajstić information content (AvgIpc) is 1.59. The van der Waals surface area contributed by atoms with Crippen molar-refractivity contribution in [2.45, 2.75) is 0 Å². The Morgan fingerprint density at radius 3 is 2.44 bits per heavy atom. The van der Waals surface area contributed by atoms with E-state index in [0.717, 1.165) is 6.07 Å². The summed E-state index contributed by atoms with van der Waals surface area (Å²) in [5.41, 5.74) is 0. The van der Waals surface area contributed by atoms with E-state index in [-0.39, 0.29) is 10.4 Å². The van der Waals surface area contributed by atoms with Gasteiger partial charge in [0.05, 0.1) is 0 Å². The third-order valence-electron chi connectivity index (χ3n) is 0.636. The molecule has 0 atom stereocenters. The number of hydrogen-bond donors (Lipinski definition) is 0. The normalized spacial score (nSPS) is 9.67. The lowest BCUT2D eigenvalue weighted by molar-refractivity contribution is 0.580. The van der Waals surface area contributed by atoms with Gasteiger partial charge in [-0.25, -0.2) is 4.98 Å². The molecule has 1 aromatic heterocycles. The minimum atomic E-state index is -0.722. The molecule has 2 nitrogen and oxygen atoms in total. The molecule has 1 aromatic rings. The third-order valence-corrected chi connectivity index (χ3v) is 0.999. The van der Waals surface area contributed by atoms with Gasteiger partial charge in [0.25, 0.3) is 0 Å². The molecule has 0 N–H and O–H groups in total. The summed E-state index contributed by atoms with van der Waals surface area (Å²) >= 11 is 10.5. The molecule has 0 aliphatic heterocycles.